The molecule has 0 saturated carbocycles. The maximum atomic E-state index is 12.6. The quantitative estimate of drug-likeness (QED) is 0.820. The number of aliphatic hydroxyl groups excluding tert-OH is 1. The lowest BCUT2D eigenvalue weighted by atomic mass is 10.2. The molecular formula is C13H17NO6S. The Bertz CT molecular complexity index is 612. The SMILES string of the molecule is CC1COC(CO)CN1S(=O)(=O)c1ccc(C(=O)O)cc1. The van der Waals surface area contributed by atoms with Gasteiger partial charge in [-0.1, -0.05) is 0 Å². The highest BCUT2D eigenvalue weighted by Crippen LogP contribution is 2.22. The third kappa shape index (κ3) is 3.24. The van der Waals surface area contributed by atoms with Crippen molar-refractivity contribution in [2.24, 2.45) is 0 Å². The fourth-order valence-electron chi connectivity index (χ4n) is 2.14. The van der Waals surface area contributed by atoms with Crippen LogP contribution in [0.1, 0.15) is 17.3 Å². The van der Waals surface area contributed by atoms with Gasteiger partial charge in [-0.05, 0) is 31.2 Å². The zero-order valence-corrected chi connectivity index (χ0v) is 12.3. The Hall–Kier alpha value is -1.48. The average Bonchev–Trinajstić information content (AvgIpc) is 2.47. The summed E-state index contributed by atoms with van der Waals surface area (Å²) in [7, 11) is -3.75. The molecule has 1 heterocycles. The molecule has 1 aromatic carbocycles. The molecule has 0 bridgehead atoms. The summed E-state index contributed by atoms with van der Waals surface area (Å²) in [5, 5.41) is 17.9. The van der Waals surface area contributed by atoms with Crippen molar-refractivity contribution in [3.8, 4) is 0 Å². The molecule has 21 heavy (non-hydrogen) atoms. The molecule has 0 amide bonds. The maximum Gasteiger partial charge on any atom is 0.335 e. The van der Waals surface area contributed by atoms with Gasteiger partial charge in [0.2, 0.25) is 10.0 Å². The van der Waals surface area contributed by atoms with Crippen LogP contribution in [0, 0.1) is 0 Å². The Balaban J connectivity index is 2.29. The van der Waals surface area contributed by atoms with E-state index < -0.39 is 22.1 Å². The van der Waals surface area contributed by atoms with E-state index in [-0.39, 0.29) is 36.3 Å². The highest BCUT2D eigenvalue weighted by molar-refractivity contribution is 7.89. The number of rotatable bonds is 4. The molecule has 1 fully saturated rings. The number of ether oxygens (including phenoxy) is 1. The van der Waals surface area contributed by atoms with E-state index in [0.717, 1.165) is 0 Å². The topological polar surface area (TPSA) is 104 Å². The second-order valence-electron chi connectivity index (χ2n) is 4.89. The van der Waals surface area contributed by atoms with Crippen LogP contribution < -0.4 is 0 Å². The highest BCUT2D eigenvalue weighted by atomic mass is 32.2. The standard InChI is InChI=1S/C13H17NO6S/c1-9-8-20-11(7-15)6-14(9)21(18,19)12-4-2-10(3-5-12)13(16)17/h2-5,9,11,15H,6-8H2,1H3,(H,16,17). The van der Waals surface area contributed by atoms with Gasteiger partial charge < -0.3 is 14.9 Å². The molecule has 0 aromatic heterocycles. The van der Waals surface area contributed by atoms with Gasteiger partial charge in [0.25, 0.3) is 0 Å². The number of morpholine rings is 1. The van der Waals surface area contributed by atoms with Gasteiger partial charge in [-0.25, -0.2) is 13.2 Å². The van der Waals surface area contributed by atoms with Gasteiger partial charge in [-0.3, -0.25) is 0 Å². The van der Waals surface area contributed by atoms with E-state index in [2.05, 4.69) is 0 Å². The van der Waals surface area contributed by atoms with E-state index in [1.807, 2.05) is 0 Å². The van der Waals surface area contributed by atoms with Gasteiger partial charge >= 0.3 is 5.97 Å². The molecule has 1 aromatic rings. The Morgan fingerprint density at radius 3 is 2.52 bits per heavy atom. The van der Waals surface area contributed by atoms with E-state index in [4.69, 9.17) is 14.9 Å². The van der Waals surface area contributed by atoms with Crippen LogP contribution in [0.4, 0.5) is 0 Å². The largest absolute Gasteiger partial charge is 0.478 e. The molecule has 1 saturated heterocycles. The third-order valence-electron chi connectivity index (χ3n) is 3.36. The van der Waals surface area contributed by atoms with Gasteiger partial charge in [0.05, 0.1) is 29.8 Å². The van der Waals surface area contributed by atoms with Crippen molar-refractivity contribution < 1.29 is 28.2 Å². The normalized spacial score (nSPS) is 23.9. The predicted octanol–water partition coefficient (Wildman–Crippen LogP) is 0.155. The van der Waals surface area contributed by atoms with E-state index in [1.54, 1.807) is 6.92 Å². The first-order valence-corrected chi connectivity index (χ1v) is 7.88. The molecule has 2 atom stereocenters. The molecule has 8 heteroatoms. The molecule has 116 valence electrons. The summed E-state index contributed by atoms with van der Waals surface area (Å²) in [5.74, 6) is -1.11. The van der Waals surface area contributed by atoms with Crippen LogP contribution in [0.25, 0.3) is 0 Å². The van der Waals surface area contributed by atoms with Gasteiger partial charge in [0.15, 0.2) is 0 Å². The number of sulfonamides is 1. The van der Waals surface area contributed by atoms with Crippen molar-refractivity contribution in [2.45, 2.75) is 24.0 Å². The van der Waals surface area contributed by atoms with E-state index >= 15 is 0 Å². The number of carboxylic acid groups (broad SMARTS) is 1. The summed E-state index contributed by atoms with van der Waals surface area (Å²) < 4.78 is 31.8. The number of aromatic carboxylic acids is 1. The number of benzene rings is 1. The number of hydrogen-bond donors (Lipinski definition) is 2. The molecule has 0 radical (unpaired) electrons. The first-order chi connectivity index (χ1) is 9.86. The molecule has 2 rings (SSSR count). The molecule has 1 aliphatic heterocycles. The molecule has 1 aliphatic rings. The molecule has 2 N–H and O–H groups in total. The summed E-state index contributed by atoms with van der Waals surface area (Å²) in [5.41, 5.74) is 0.0252. The van der Waals surface area contributed by atoms with Crippen molar-refractivity contribution >= 4 is 16.0 Å². The Morgan fingerprint density at radius 1 is 1.38 bits per heavy atom. The summed E-state index contributed by atoms with van der Waals surface area (Å²) in [6, 6.07) is 4.70. The summed E-state index contributed by atoms with van der Waals surface area (Å²) >= 11 is 0. The summed E-state index contributed by atoms with van der Waals surface area (Å²) in [6.45, 7) is 1.74. The van der Waals surface area contributed by atoms with Gasteiger partial charge in [-0.2, -0.15) is 4.31 Å². The first kappa shape index (κ1) is 15.9. The minimum Gasteiger partial charge on any atom is -0.478 e. The first-order valence-electron chi connectivity index (χ1n) is 6.44. The average molecular weight is 315 g/mol. The molecule has 2 unspecified atom stereocenters. The van der Waals surface area contributed by atoms with Crippen LogP contribution in [0.3, 0.4) is 0 Å². The molecular weight excluding hydrogens is 298 g/mol. The maximum absolute atomic E-state index is 12.6. The fourth-order valence-corrected chi connectivity index (χ4v) is 3.79. The van der Waals surface area contributed by atoms with E-state index in [1.165, 1.54) is 28.6 Å². The number of nitrogens with zero attached hydrogens (tertiary/aromatic N) is 1. The van der Waals surface area contributed by atoms with Crippen LogP contribution in [0.5, 0.6) is 0 Å². The van der Waals surface area contributed by atoms with E-state index in [9.17, 15) is 13.2 Å². The third-order valence-corrected chi connectivity index (χ3v) is 5.35. The Labute approximate surface area is 122 Å². The minimum atomic E-state index is -3.75. The van der Waals surface area contributed by atoms with Gasteiger partial charge in [0.1, 0.15) is 0 Å². The van der Waals surface area contributed by atoms with Crippen LogP contribution >= 0.6 is 0 Å². The van der Waals surface area contributed by atoms with Gasteiger partial charge in [-0.15, -0.1) is 0 Å². The van der Waals surface area contributed by atoms with Crippen molar-refractivity contribution in [3.63, 3.8) is 0 Å². The number of carboxylic acids is 1. The lowest BCUT2D eigenvalue weighted by Crippen LogP contribution is -2.51. The highest BCUT2D eigenvalue weighted by Gasteiger charge is 2.35. The number of hydrogen-bond acceptors (Lipinski definition) is 5. The van der Waals surface area contributed by atoms with Crippen LogP contribution in [-0.4, -0.2) is 60.8 Å². The second-order valence-corrected chi connectivity index (χ2v) is 6.78. The number of aliphatic hydroxyl groups is 1. The summed E-state index contributed by atoms with van der Waals surface area (Å²) in [4.78, 5) is 10.8. The predicted molar refractivity (Wildman–Crippen MR) is 73.6 cm³/mol. The zero-order valence-electron chi connectivity index (χ0n) is 11.5. The number of carbonyl (C=O) groups is 1. The van der Waals surface area contributed by atoms with Crippen LogP contribution in [-0.2, 0) is 14.8 Å². The molecule has 0 spiro atoms. The second kappa shape index (κ2) is 6.10. The lowest BCUT2D eigenvalue weighted by molar-refractivity contribution is -0.0516. The van der Waals surface area contributed by atoms with Crippen molar-refractivity contribution in [2.75, 3.05) is 19.8 Å². The minimum absolute atomic E-state index is 0.0252. The van der Waals surface area contributed by atoms with E-state index in [0.29, 0.717) is 0 Å². The molecule has 0 aliphatic carbocycles. The van der Waals surface area contributed by atoms with Crippen LogP contribution in [0.2, 0.25) is 0 Å². The van der Waals surface area contributed by atoms with Crippen molar-refractivity contribution in [1.82, 2.24) is 4.31 Å². The van der Waals surface area contributed by atoms with Crippen molar-refractivity contribution in [1.29, 1.82) is 0 Å². The summed E-state index contributed by atoms with van der Waals surface area (Å²) in [6.07, 6.45) is -0.547. The van der Waals surface area contributed by atoms with Crippen molar-refractivity contribution in [3.05, 3.63) is 29.8 Å². The fraction of sp³-hybridized carbons (Fsp3) is 0.462. The Morgan fingerprint density at radius 2 is 2.00 bits per heavy atom. The molecule has 7 nitrogen and oxygen atoms in total. The smallest absolute Gasteiger partial charge is 0.335 e. The van der Waals surface area contributed by atoms with Crippen LogP contribution in [0.15, 0.2) is 29.2 Å². The zero-order chi connectivity index (χ0) is 15.6. The monoisotopic (exact) mass is 315 g/mol. The van der Waals surface area contributed by atoms with Gasteiger partial charge in [0, 0.05) is 12.6 Å². The Kier molecular flexibility index (Phi) is 4.62. The lowest BCUT2D eigenvalue weighted by Gasteiger charge is -2.36.